The first kappa shape index (κ1) is 25.3. The van der Waals surface area contributed by atoms with E-state index >= 15 is 0 Å². The van der Waals surface area contributed by atoms with Crippen molar-refractivity contribution in [3.8, 4) is 0 Å². The zero-order valence-electron chi connectivity index (χ0n) is 21.0. The molecule has 0 fully saturated rings. The van der Waals surface area contributed by atoms with Crippen LogP contribution in [0.4, 0.5) is 0 Å². The van der Waals surface area contributed by atoms with E-state index in [0.717, 1.165) is 11.4 Å². The highest BCUT2D eigenvalue weighted by Crippen LogP contribution is 2.34. The summed E-state index contributed by atoms with van der Waals surface area (Å²) in [6.07, 6.45) is 2.69. The van der Waals surface area contributed by atoms with E-state index in [1.165, 1.54) is 12.2 Å². The van der Waals surface area contributed by atoms with Crippen molar-refractivity contribution in [1.29, 1.82) is 0 Å². The summed E-state index contributed by atoms with van der Waals surface area (Å²) in [5.41, 5.74) is 2.23. The number of allylic oxidation sites excluding steroid dienone is 2. The fraction of sp³-hybridized carbons (Fsp3) is 0.129. The van der Waals surface area contributed by atoms with Gasteiger partial charge in [-0.2, -0.15) is 0 Å². The molecule has 0 saturated heterocycles. The van der Waals surface area contributed by atoms with Crippen LogP contribution in [0.1, 0.15) is 63.3 Å². The van der Waals surface area contributed by atoms with Crippen molar-refractivity contribution >= 4 is 33.6 Å². The van der Waals surface area contributed by atoms with E-state index in [9.17, 15) is 18.0 Å². The standard InChI is InChI=1S/C31H26N2O4S/c1-21(2)31-32-25-18-27(29(34)23-14-8-4-9-15-23)38(36,37)28(30(35)24-16-10-5-11-17-24)19-26(25)33(31)20-22-12-6-3-7-13-22/h3-19,21H,20H2,1-2H3. The minimum Gasteiger partial charge on any atom is -0.323 e. The van der Waals surface area contributed by atoms with Gasteiger partial charge in [0.1, 0.15) is 15.6 Å². The van der Waals surface area contributed by atoms with E-state index in [2.05, 4.69) is 0 Å². The summed E-state index contributed by atoms with van der Waals surface area (Å²) < 4.78 is 29.9. The third-order valence-corrected chi connectivity index (χ3v) is 8.16. The number of imidazole rings is 1. The molecule has 1 aromatic heterocycles. The molecule has 190 valence electrons. The smallest absolute Gasteiger partial charge is 0.214 e. The van der Waals surface area contributed by atoms with Gasteiger partial charge < -0.3 is 4.57 Å². The van der Waals surface area contributed by atoms with Gasteiger partial charge in [-0.3, -0.25) is 9.59 Å². The topological polar surface area (TPSA) is 86.1 Å². The minimum atomic E-state index is -4.49. The van der Waals surface area contributed by atoms with Gasteiger partial charge in [0, 0.05) is 23.6 Å². The van der Waals surface area contributed by atoms with E-state index in [1.807, 2.05) is 48.7 Å². The lowest BCUT2D eigenvalue weighted by molar-refractivity contribution is 0.103. The first-order chi connectivity index (χ1) is 18.3. The highest BCUT2D eigenvalue weighted by atomic mass is 32.2. The number of carbonyl (C=O) groups is 2. The number of sulfone groups is 1. The van der Waals surface area contributed by atoms with Crippen molar-refractivity contribution in [2.75, 3.05) is 0 Å². The Morgan fingerprint density at radius 3 is 1.71 bits per heavy atom. The Bertz CT molecular complexity index is 1680. The van der Waals surface area contributed by atoms with E-state index in [1.54, 1.807) is 60.7 Å². The number of Topliss-reactive ketones (excluding diaryl/α,β-unsaturated/α-hetero) is 2. The van der Waals surface area contributed by atoms with Crippen LogP contribution < -0.4 is 0 Å². The lowest BCUT2D eigenvalue weighted by Crippen LogP contribution is -2.20. The normalized spacial score (nSPS) is 14.3. The molecule has 3 aromatic carbocycles. The van der Waals surface area contributed by atoms with Gasteiger partial charge in [0.25, 0.3) is 0 Å². The lowest BCUT2D eigenvalue weighted by Gasteiger charge is -2.14. The molecule has 0 saturated carbocycles. The first-order valence-electron chi connectivity index (χ1n) is 12.3. The van der Waals surface area contributed by atoms with Gasteiger partial charge in [-0.15, -0.1) is 0 Å². The molecule has 0 aliphatic carbocycles. The minimum absolute atomic E-state index is 0.00518. The van der Waals surface area contributed by atoms with Crippen LogP contribution in [0.5, 0.6) is 0 Å². The number of benzene rings is 3. The highest BCUT2D eigenvalue weighted by Gasteiger charge is 2.37. The largest absolute Gasteiger partial charge is 0.323 e. The molecule has 0 unspecified atom stereocenters. The van der Waals surface area contributed by atoms with E-state index in [0.29, 0.717) is 17.9 Å². The summed E-state index contributed by atoms with van der Waals surface area (Å²) in [4.78, 5) is 31.1. The van der Waals surface area contributed by atoms with Crippen molar-refractivity contribution in [3.63, 3.8) is 0 Å². The third-order valence-electron chi connectivity index (χ3n) is 6.40. The molecular weight excluding hydrogens is 496 g/mol. The Morgan fingerprint density at radius 1 is 0.737 bits per heavy atom. The van der Waals surface area contributed by atoms with E-state index < -0.39 is 31.2 Å². The summed E-state index contributed by atoms with van der Waals surface area (Å²) in [6, 6.07) is 26.1. The van der Waals surface area contributed by atoms with E-state index in [-0.39, 0.29) is 17.0 Å². The molecule has 0 radical (unpaired) electrons. The van der Waals surface area contributed by atoms with Crippen LogP contribution in [0.2, 0.25) is 0 Å². The van der Waals surface area contributed by atoms with Gasteiger partial charge >= 0.3 is 0 Å². The van der Waals surface area contributed by atoms with Crippen LogP contribution in [-0.4, -0.2) is 29.5 Å². The molecule has 0 bridgehead atoms. The summed E-state index contributed by atoms with van der Waals surface area (Å²) in [7, 11) is -4.49. The number of rotatable bonds is 7. The average Bonchev–Trinajstić information content (AvgIpc) is 3.21. The molecule has 6 nitrogen and oxygen atoms in total. The fourth-order valence-corrected chi connectivity index (χ4v) is 5.99. The predicted octanol–water partition coefficient (Wildman–Crippen LogP) is 5.93. The average molecular weight is 523 g/mol. The van der Waals surface area contributed by atoms with Crippen molar-refractivity contribution in [2.24, 2.45) is 0 Å². The molecule has 0 N–H and O–H groups in total. The molecule has 2 heterocycles. The van der Waals surface area contributed by atoms with Gasteiger partial charge in [0.05, 0.1) is 11.4 Å². The number of hydrogen-bond donors (Lipinski definition) is 0. The third kappa shape index (κ3) is 4.68. The van der Waals surface area contributed by atoms with Crippen LogP contribution >= 0.6 is 0 Å². The highest BCUT2D eigenvalue weighted by molar-refractivity contribution is 8.01. The molecular formula is C31H26N2O4S. The molecule has 0 spiro atoms. The van der Waals surface area contributed by atoms with E-state index in [4.69, 9.17) is 4.98 Å². The molecule has 1 aliphatic heterocycles. The maximum atomic E-state index is 14.0. The van der Waals surface area contributed by atoms with Crippen molar-refractivity contribution in [2.45, 2.75) is 26.3 Å². The van der Waals surface area contributed by atoms with Crippen LogP contribution in [-0.2, 0) is 16.4 Å². The Kier molecular flexibility index (Phi) is 6.78. The van der Waals surface area contributed by atoms with Gasteiger partial charge in [-0.05, 0) is 17.7 Å². The Balaban J connectivity index is 1.78. The van der Waals surface area contributed by atoms with Crippen molar-refractivity contribution in [3.05, 3.63) is 135 Å². The molecule has 1 aliphatic rings. The number of ketones is 2. The quantitative estimate of drug-likeness (QED) is 0.281. The number of fused-ring (bicyclic) bond motifs is 1. The molecule has 0 amide bonds. The van der Waals surface area contributed by atoms with Gasteiger partial charge in [-0.25, -0.2) is 13.4 Å². The lowest BCUT2D eigenvalue weighted by atomic mass is 10.1. The monoisotopic (exact) mass is 522 g/mol. The molecule has 38 heavy (non-hydrogen) atoms. The first-order valence-corrected chi connectivity index (χ1v) is 13.8. The number of aromatic nitrogens is 2. The van der Waals surface area contributed by atoms with Gasteiger partial charge in [-0.1, -0.05) is 105 Å². The SMILES string of the molecule is CC(C)c1nc2c(n1Cc1ccccc1)C=C(C(=O)c1ccccc1)S(=O)(=O)C(C(=O)c1ccccc1)=C2. The fourth-order valence-electron chi connectivity index (χ4n) is 4.49. The van der Waals surface area contributed by atoms with Crippen LogP contribution in [0.3, 0.4) is 0 Å². The number of hydrogen-bond acceptors (Lipinski definition) is 5. The Hall–Kier alpha value is -4.36. The molecule has 7 heteroatoms. The maximum absolute atomic E-state index is 14.0. The number of carbonyl (C=O) groups excluding carboxylic acids is 2. The molecule has 4 aromatic rings. The summed E-state index contributed by atoms with van der Waals surface area (Å²) in [6.45, 7) is 4.43. The number of nitrogens with zero attached hydrogens (tertiary/aromatic N) is 2. The van der Waals surface area contributed by atoms with Crippen molar-refractivity contribution < 1.29 is 18.0 Å². The predicted molar refractivity (Wildman–Crippen MR) is 148 cm³/mol. The zero-order chi connectivity index (χ0) is 26.9. The van der Waals surface area contributed by atoms with Gasteiger partial charge in [0.2, 0.25) is 21.4 Å². The molecule has 5 rings (SSSR count). The summed E-state index contributed by atoms with van der Waals surface area (Å²) in [5, 5.41) is 0. The second-order valence-electron chi connectivity index (χ2n) is 9.38. The summed E-state index contributed by atoms with van der Waals surface area (Å²) >= 11 is 0. The van der Waals surface area contributed by atoms with Gasteiger partial charge in [0.15, 0.2) is 0 Å². The summed E-state index contributed by atoms with van der Waals surface area (Å²) in [5.74, 6) is -0.632. The van der Waals surface area contributed by atoms with Crippen LogP contribution in [0.25, 0.3) is 12.2 Å². The molecule has 0 atom stereocenters. The van der Waals surface area contributed by atoms with Crippen LogP contribution in [0, 0.1) is 0 Å². The Labute approximate surface area is 221 Å². The van der Waals surface area contributed by atoms with Crippen LogP contribution in [0.15, 0.2) is 101 Å². The maximum Gasteiger partial charge on any atom is 0.214 e. The second-order valence-corrected chi connectivity index (χ2v) is 11.3. The zero-order valence-corrected chi connectivity index (χ0v) is 21.9. The Morgan fingerprint density at radius 2 is 1.21 bits per heavy atom. The van der Waals surface area contributed by atoms with Crippen molar-refractivity contribution in [1.82, 2.24) is 9.55 Å². The second kappa shape index (κ2) is 10.2.